The summed E-state index contributed by atoms with van der Waals surface area (Å²) in [7, 11) is 0. The standard InChI is InChI=1S/C10H11BrINO/c11-8-2-1-7(5-9(8)12)10-6-14-4-3-13-10/h1-2,5,10,13H,3-4,6H2. The van der Waals surface area contributed by atoms with E-state index in [9.17, 15) is 0 Å². The maximum atomic E-state index is 5.43. The lowest BCUT2D eigenvalue weighted by molar-refractivity contribution is 0.0768. The van der Waals surface area contributed by atoms with Gasteiger partial charge in [-0.1, -0.05) is 6.07 Å². The Bertz CT molecular complexity index is 326. The largest absolute Gasteiger partial charge is 0.378 e. The summed E-state index contributed by atoms with van der Waals surface area (Å²) in [5, 5.41) is 3.44. The van der Waals surface area contributed by atoms with Crippen molar-refractivity contribution >= 4 is 38.5 Å². The van der Waals surface area contributed by atoms with Gasteiger partial charge in [0.05, 0.1) is 19.3 Å². The molecule has 1 aliphatic rings. The molecule has 0 saturated carbocycles. The average Bonchev–Trinajstić information content (AvgIpc) is 2.23. The summed E-state index contributed by atoms with van der Waals surface area (Å²) in [5.41, 5.74) is 1.30. The molecule has 76 valence electrons. The van der Waals surface area contributed by atoms with Gasteiger partial charge in [-0.15, -0.1) is 0 Å². The molecule has 14 heavy (non-hydrogen) atoms. The van der Waals surface area contributed by atoms with Crippen LogP contribution in [0.2, 0.25) is 0 Å². The van der Waals surface area contributed by atoms with E-state index in [2.05, 4.69) is 62.0 Å². The minimum Gasteiger partial charge on any atom is -0.378 e. The second-order valence-corrected chi connectivity index (χ2v) is 5.27. The molecule has 1 unspecified atom stereocenters. The van der Waals surface area contributed by atoms with Crippen LogP contribution in [0, 0.1) is 3.57 Å². The first kappa shape index (κ1) is 10.9. The van der Waals surface area contributed by atoms with Gasteiger partial charge in [-0.2, -0.15) is 0 Å². The van der Waals surface area contributed by atoms with Crippen LogP contribution in [0.4, 0.5) is 0 Å². The van der Waals surface area contributed by atoms with Crippen LogP contribution in [0.25, 0.3) is 0 Å². The molecule has 1 aromatic rings. The minimum absolute atomic E-state index is 0.352. The lowest BCUT2D eigenvalue weighted by Crippen LogP contribution is -2.34. The van der Waals surface area contributed by atoms with Gasteiger partial charge < -0.3 is 10.1 Å². The summed E-state index contributed by atoms with van der Waals surface area (Å²) in [6, 6.07) is 6.77. The van der Waals surface area contributed by atoms with Crippen LogP contribution in [-0.4, -0.2) is 19.8 Å². The van der Waals surface area contributed by atoms with E-state index in [4.69, 9.17) is 4.74 Å². The molecule has 4 heteroatoms. The van der Waals surface area contributed by atoms with Crippen LogP contribution in [0.15, 0.2) is 22.7 Å². The highest BCUT2D eigenvalue weighted by atomic mass is 127. The van der Waals surface area contributed by atoms with Crippen molar-refractivity contribution in [1.29, 1.82) is 0 Å². The molecule has 0 aliphatic carbocycles. The van der Waals surface area contributed by atoms with Crippen LogP contribution in [0.1, 0.15) is 11.6 Å². The fourth-order valence-electron chi connectivity index (χ4n) is 1.51. The Kier molecular flexibility index (Phi) is 3.81. The van der Waals surface area contributed by atoms with Gasteiger partial charge in [-0.05, 0) is 56.2 Å². The van der Waals surface area contributed by atoms with Crippen LogP contribution in [-0.2, 0) is 4.74 Å². The summed E-state index contributed by atoms with van der Waals surface area (Å²) in [6.07, 6.45) is 0. The van der Waals surface area contributed by atoms with E-state index in [1.54, 1.807) is 0 Å². The fourth-order valence-corrected chi connectivity index (χ4v) is 2.29. The molecule has 0 bridgehead atoms. The minimum atomic E-state index is 0.352. The summed E-state index contributed by atoms with van der Waals surface area (Å²) in [4.78, 5) is 0. The van der Waals surface area contributed by atoms with Crippen molar-refractivity contribution in [3.05, 3.63) is 31.8 Å². The third kappa shape index (κ3) is 2.48. The molecule has 1 heterocycles. The third-order valence-electron chi connectivity index (χ3n) is 2.27. The van der Waals surface area contributed by atoms with Gasteiger partial charge in [0.25, 0.3) is 0 Å². The molecule has 2 nitrogen and oxygen atoms in total. The van der Waals surface area contributed by atoms with Crippen molar-refractivity contribution < 1.29 is 4.74 Å². The number of benzene rings is 1. The molecule has 0 amide bonds. The summed E-state index contributed by atoms with van der Waals surface area (Å²) < 4.78 is 7.82. The molecule has 0 aromatic heterocycles. The van der Waals surface area contributed by atoms with E-state index in [1.807, 2.05) is 0 Å². The van der Waals surface area contributed by atoms with Crippen LogP contribution >= 0.6 is 38.5 Å². The van der Waals surface area contributed by atoms with Crippen LogP contribution < -0.4 is 5.32 Å². The zero-order chi connectivity index (χ0) is 9.97. The van der Waals surface area contributed by atoms with Gasteiger partial charge in [0.1, 0.15) is 0 Å². The van der Waals surface area contributed by atoms with E-state index in [1.165, 1.54) is 9.13 Å². The first-order valence-electron chi connectivity index (χ1n) is 4.53. The first-order valence-corrected chi connectivity index (χ1v) is 6.40. The fraction of sp³-hybridized carbons (Fsp3) is 0.400. The molecule has 1 N–H and O–H groups in total. The summed E-state index contributed by atoms with van der Waals surface area (Å²) in [5.74, 6) is 0. The number of hydrogen-bond donors (Lipinski definition) is 1. The number of hydrogen-bond acceptors (Lipinski definition) is 2. The number of rotatable bonds is 1. The van der Waals surface area contributed by atoms with Gasteiger partial charge in [0.2, 0.25) is 0 Å². The number of morpholine rings is 1. The van der Waals surface area contributed by atoms with Crippen molar-refractivity contribution in [2.24, 2.45) is 0 Å². The first-order chi connectivity index (χ1) is 6.77. The van der Waals surface area contributed by atoms with Crippen molar-refractivity contribution in [1.82, 2.24) is 5.32 Å². The maximum absolute atomic E-state index is 5.43. The molecule has 2 rings (SSSR count). The van der Waals surface area contributed by atoms with Crippen molar-refractivity contribution in [2.75, 3.05) is 19.8 Å². The second kappa shape index (κ2) is 4.92. The molecule has 1 fully saturated rings. The Balaban J connectivity index is 2.18. The van der Waals surface area contributed by atoms with E-state index < -0.39 is 0 Å². The predicted molar refractivity (Wildman–Crippen MR) is 68.4 cm³/mol. The highest BCUT2D eigenvalue weighted by Gasteiger charge is 2.15. The number of ether oxygens (including phenoxy) is 1. The normalized spacial score (nSPS) is 22.3. The number of halogens is 2. The zero-order valence-corrected chi connectivity index (χ0v) is 11.3. The Morgan fingerprint density at radius 2 is 2.36 bits per heavy atom. The van der Waals surface area contributed by atoms with Gasteiger partial charge >= 0.3 is 0 Å². The predicted octanol–water partition coefficient (Wildman–Crippen LogP) is 2.71. The lowest BCUT2D eigenvalue weighted by atomic mass is 10.1. The molecule has 1 saturated heterocycles. The molecular formula is C10H11BrINO. The van der Waals surface area contributed by atoms with E-state index >= 15 is 0 Å². The molecular weight excluding hydrogens is 357 g/mol. The van der Waals surface area contributed by atoms with E-state index in [0.717, 1.165) is 24.2 Å². The Morgan fingerprint density at radius 1 is 1.50 bits per heavy atom. The molecule has 0 spiro atoms. The summed E-state index contributed by atoms with van der Waals surface area (Å²) >= 11 is 5.82. The molecule has 0 radical (unpaired) electrons. The smallest absolute Gasteiger partial charge is 0.0662 e. The lowest BCUT2D eigenvalue weighted by Gasteiger charge is -2.24. The van der Waals surface area contributed by atoms with Gasteiger partial charge in [-0.25, -0.2) is 0 Å². The van der Waals surface area contributed by atoms with Crippen molar-refractivity contribution in [3.63, 3.8) is 0 Å². The van der Waals surface area contributed by atoms with Crippen molar-refractivity contribution in [3.8, 4) is 0 Å². The highest BCUT2D eigenvalue weighted by Crippen LogP contribution is 2.24. The van der Waals surface area contributed by atoms with Crippen LogP contribution in [0.3, 0.4) is 0 Å². The Labute approximate surface area is 106 Å². The van der Waals surface area contributed by atoms with E-state index in [-0.39, 0.29) is 0 Å². The van der Waals surface area contributed by atoms with E-state index in [0.29, 0.717) is 6.04 Å². The monoisotopic (exact) mass is 367 g/mol. The third-order valence-corrected chi connectivity index (χ3v) is 4.59. The van der Waals surface area contributed by atoms with Gasteiger partial charge in [-0.3, -0.25) is 0 Å². The average molecular weight is 368 g/mol. The SMILES string of the molecule is Brc1ccc(C2COCCN2)cc1I. The quantitative estimate of drug-likeness (QED) is 0.770. The maximum Gasteiger partial charge on any atom is 0.0662 e. The van der Waals surface area contributed by atoms with Crippen LogP contribution in [0.5, 0.6) is 0 Å². The highest BCUT2D eigenvalue weighted by molar-refractivity contribution is 14.1. The summed E-state index contributed by atoms with van der Waals surface area (Å²) in [6.45, 7) is 2.54. The van der Waals surface area contributed by atoms with Crippen molar-refractivity contribution in [2.45, 2.75) is 6.04 Å². The Hall–Kier alpha value is 0.350. The van der Waals surface area contributed by atoms with Gasteiger partial charge in [0.15, 0.2) is 0 Å². The molecule has 1 atom stereocenters. The second-order valence-electron chi connectivity index (χ2n) is 3.26. The number of nitrogens with one attached hydrogen (secondary N) is 1. The van der Waals surface area contributed by atoms with Gasteiger partial charge in [0, 0.05) is 14.6 Å². The Morgan fingerprint density at radius 3 is 3.00 bits per heavy atom. The zero-order valence-electron chi connectivity index (χ0n) is 7.59. The topological polar surface area (TPSA) is 21.3 Å². The molecule has 1 aliphatic heterocycles. The molecule has 1 aromatic carbocycles.